The maximum Gasteiger partial charge on any atom is 0.253 e. The summed E-state index contributed by atoms with van der Waals surface area (Å²) in [4.78, 5) is 34.9. The average Bonchev–Trinajstić information content (AvgIpc) is 3.33. The summed E-state index contributed by atoms with van der Waals surface area (Å²) in [5.41, 5.74) is 4.32. The maximum atomic E-state index is 14.1. The van der Waals surface area contributed by atoms with Gasteiger partial charge in [0.2, 0.25) is 5.91 Å². The Kier molecular flexibility index (Phi) is 7.78. The Morgan fingerprint density at radius 2 is 1.73 bits per heavy atom. The van der Waals surface area contributed by atoms with Crippen molar-refractivity contribution in [2.45, 2.75) is 18.9 Å². The van der Waals surface area contributed by atoms with E-state index in [0.29, 0.717) is 27.9 Å². The van der Waals surface area contributed by atoms with Crippen molar-refractivity contribution in [3.63, 3.8) is 0 Å². The second-order valence-electron chi connectivity index (χ2n) is 10.0. The first-order valence-electron chi connectivity index (χ1n) is 13.0. The molecule has 9 heteroatoms. The number of aromatic hydroxyl groups is 1. The van der Waals surface area contributed by atoms with Crippen molar-refractivity contribution >= 4 is 22.7 Å². The molecule has 2 amide bonds. The monoisotopic (exact) mass is 554 g/mol. The molecule has 2 heterocycles. The zero-order valence-corrected chi connectivity index (χ0v) is 22.5. The average molecular weight is 555 g/mol. The fraction of sp³-hybridized carbons (Fsp3) is 0.156. The summed E-state index contributed by atoms with van der Waals surface area (Å²) in [6.45, 7) is 0. The van der Waals surface area contributed by atoms with Gasteiger partial charge in [-0.25, -0.2) is 8.78 Å². The number of amides is 2. The Labute approximate surface area is 235 Å². The molecule has 0 radical (unpaired) electrons. The Morgan fingerprint density at radius 1 is 1.00 bits per heavy atom. The van der Waals surface area contributed by atoms with Crippen LogP contribution in [0.15, 0.2) is 85.2 Å². The topological polar surface area (TPSA) is 98.3 Å². The van der Waals surface area contributed by atoms with Crippen LogP contribution in [0.1, 0.15) is 33.2 Å². The predicted octanol–water partition coefficient (Wildman–Crippen LogP) is 5.56. The van der Waals surface area contributed by atoms with Gasteiger partial charge in [-0.3, -0.25) is 14.6 Å². The van der Waals surface area contributed by atoms with Crippen molar-refractivity contribution in [2.24, 2.45) is 0 Å². The van der Waals surface area contributed by atoms with Crippen LogP contribution in [0.3, 0.4) is 0 Å². The minimum Gasteiger partial charge on any atom is -0.508 e. The molecule has 0 aliphatic rings. The van der Waals surface area contributed by atoms with Gasteiger partial charge >= 0.3 is 0 Å². The van der Waals surface area contributed by atoms with Gasteiger partial charge in [0.05, 0.1) is 18.2 Å². The molecule has 3 aromatic carbocycles. The van der Waals surface area contributed by atoms with Gasteiger partial charge in [-0.2, -0.15) is 0 Å². The number of carbonyl (C=O) groups is 2. The fourth-order valence-corrected chi connectivity index (χ4v) is 4.90. The lowest BCUT2D eigenvalue weighted by atomic mass is 9.94. The highest BCUT2D eigenvalue weighted by molar-refractivity contribution is 5.94. The number of H-pyrrole nitrogens is 1. The number of rotatable bonds is 8. The van der Waals surface area contributed by atoms with Crippen molar-refractivity contribution in [1.82, 2.24) is 20.2 Å². The van der Waals surface area contributed by atoms with E-state index in [4.69, 9.17) is 0 Å². The number of aromatic nitrogens is 2. The number of nitrogens with zero attached hydrogens (tertiary/aromatic N) is 2. The van der Waals surface area contributed by atoms with Crippen LogP contribution in [0, 0.1) is 11.6 Å². The van der Waals surface area contributed by atoms with Crippen molar-refractivity contribution in [3.8, 4) is 16.9 Å². The molecule has 0 saturated carbocycles. The molecular weight excluding hydrogens is 526 g/mol. The summed E-state index contributed by atoms with van der Waals surface area (Å²) in [6.07, 6.45) is 3.39. The number of nitrogens with one attached hydrogen (secondary N) is 2. The summed E-state index contributed by atoms with van der Waals surface area (Å²) >= 11 is 0. The third-order valence-electron chi connectivity index (χ3n) is 6.82. The number of phenols is 1. The highest BCUT2D eigenvalue weighted by Gasteiger charge is 2.22. The lowest BCUT2D eigenvalue weighted by molar-refractivity contribution is -0.121. The summed E-state index contributed by atoms with van der Waals surface area (Å²) in [6, 6.07) is 18.0. The number of carbonyl (C=O) groups excluding carboxylic acids is 2. The second kappa shape index (κ2) is 11.6. The maximum absolute atomic E-state index is 14.1. The SMILES string of the molecule is CN(C)C(=O)c1ccc(-c2cccnc2C(Cc2cc(F)cc(F)c2)NC(=O)Cc2c[nH]c3ccc(O)cc23)cc1. The van der Waals surface area contributed by atoms with Gasteiger partial charge in [-0.1, -0.05) is 18.2 Å². The second-order valence-corrected chi connectivity index (χ2v) is 10.0. The van der Waals surface area contributed by atoms with E-state index in [0.717, 1.165) is 22.5 Å². The number of hydrogen-bond acceptors (Lipinski definition) is 4. The number of fused-ring (bicyclic) bond motifs is 1. The fourth-order valence-electron chi connectivity index (χ4n) is 4.90. The van der Waals surface area contributed by atoms with E-state index in [1.807, 2.05) is 6.07 Å². The molecule has 0 aliphatic heterocycles. The number of pyridine rings is 1. The molecular formula is C32H28F2N4O3. The van der Waals surface area contributed by atoms with Gasteiger partial charge in [0.25, 0.3) is 5.91 Å². The van der Waals surface area contributed by atoms with Gasteiger partial charge in [-0.05, 0) is 71.6 Å². The molecule has 41 heavy (non-hydrogen) atoms. The van der Waals surface area contributed by atoms with Gasteiger partial charge in [0, 0.05) is 54.6 Å². The zero-order valence-electron chi connectivity index (χ0n) is 22.5. The van der Waals surface area contributed by atoms with Crippen LogP contribution in [-0.4, -0.2) is 45.9 Å². The molecule has 3 N–H and O–H groups in total. The molecule has 0 fully saturated rings. The van der Waals surface area contributed by atoms with Crippen LogP contribution in [0.5, 0.6) is 5.75 Å². The van der Waals surface area contributed by atoms with Gasteiger partial charge in [0.1, 0.15) is 17.4 Å². The summed E-state index contributed by atoms with van der Waals surface area (Å²) in [5.74, 6) is -1.81. The van der Waals surface area contributed by atoms with E-state index >= 15 is 0 Å². The van der Waals surface area contributed by atoms with E-state index in [9.17, 15) is 23.5 Å². The number of hydrogen-bond donors (Lipinski definition) is 3. The Morgan fingerprint density at radius 3 is 2.44 bits per heavy atom. The molecule has 1 unspecified atom stereocenters. The van der Waals surface area contributed by atoms with Crippen molar-refractivity contribution < 1.29 is 23.5 Å². The van der Waals surface area contributed by atoms with Crippen LogP contribution in [0.25, 0.3) is 22.0 Å². The lowest BCUT2D eigenvalue weighted by Gasteiger charge is -2.22. The first-order valence-corrected chi connectivity index (χ1v) is 13.0. The lowest BCUT2D eigenvalue weighted by Crippen LogP contribution is -2.32. The van der Waals surface area contributed by atoms with Crippen LogP contribution in [0.2, 0.25) is 0 Å². The van der Waals surface area contributed by atoms with E-state index in [-0.39, 0.29) is 30.4 Å². The number of benzene rings is 3. The number of halogens is 2. The molecule has 2 aromatic heterocycles. The van der Waals surface area contributed by atoms with E-state index in [1.165, 1.54) is 17.0 Å². The number of phenolic OH excluding ortho intramolecular Hbond substituents is 1. The van der Waals surface area contributed by atoms with Gasteiger partial charge < -0.3 is 20.3 Å². The Balaban J connectivity index is 1.49. The standard InChI is InChI=1S/C32H28F2N4O3/c1-38(2)32(41)21-7-5-20(6-8-21)26-4-3-11-35-31(26)29(14-19-12-23(33)16-24(34)13-19)37-30(40)15-22-18-36-28-10-9-25(39)17-27(22)28/h3-13,16-18,29,36,39H,14-15H2,1-2H3,(H,37,40). The number of aromatic amines is 1. The molecule has 208 valence electrons. The Hall–Kier alpha value is -5.05. The molecule has 0 bridgehead atoms. The molecule has 0 aliphatic carbocycles. The van der Waals surface area contributed by atoms with Gasteiger partial charge in [0.15, 0.2) is 0 Å². The minimum atomic E-state index is -0.735. The molecule has 1 atom stereocenters. The first-order chi connectivity index (χ1) is 19.7. The highest BCUT2D eigenvalue weighted by Crippen LogP contribution is 2.30. The van der Waals surface area contributed by atoms with Crippen molar-refractivity contribution in [2.75, 3.05) is 14.1 Å². The summed E-state index contributed by atoms with van der Waals surface area (Å²) in [7, 11) is 3.36. The third-order valence-corrected chi connectivity index (χ3v) is 6.82. The van der Waals surface area contributed by atoms with E-state index in [1.54, 1.807) is 75.0 Å². The van der Waals surface area contributed by atoms with E-state index < -0.39 is 17.7 Å². The molecule has 0 saturated heterocycles. The smallest absolute Gasteiger partial charge is 0.253 e. The highest BCUT2D eigenvalue weighted by atomic mass is 19.1. The van der Waals surface area contributed by atoms with Gasteiger partial charge in [-0.15, -0.1) is 0 Å². The summed E-state index contributed by atoms with van der Waals surface area (Å²) < 4.78 is 28.2. The quantitative estimate of drug-likeness (QED) is 0.234. The predicted molar refractivity (Wildman–Crippen MR) is 152 cm³/mol. The van der Waals surface area contributed by atoms with Crippen LogP contribution < -0.4 is 5.32 Å². The zero-order chi connectivity index (χ0) is 29.1. The molecule has 7 nitrogen and oxygen atoms in total. The molecule has 0 spiro atoms. The first kappa shape index (κ1) is 27.5. The van der Waals surface area contributed by atoms with Crippen LogP contribution >= 0.6 is 0 Å². The molecule has 5 aromatic rings. The van der Waals surface area contributed by atoms with Crippen LogP contribution in [0.4, 0.5) is 8.78 Å². The normalized spacial score (nSPS) is 11.8. The largest absolute Gasteiger partial charge is 0.508 e. The van der Waals surface area contributed by atoms with E-state index in [2.05, 4.69) is 15.3 Å². The minimum absolute atomic E-state index is 0.000968. The Bertz CT molecular complexity index is 1710. The van der Waals surface area contributed by atoms with Crippen molar-refractivity contribution in [3.05, 3.63) is 119 Å². The third kappa shape index (κ3) is 6.24. The molecule has 5 rings (SSSR count). The summed E-state index contributed by atoms with van der Waals surface area (Å²) in [5, 5.41) is 13.6. The van der Waals surface area contributed by atoms with Crippen molar-refractivity contribution in [1.29, 1.82) is 0 Å². The van der Waals surface area contributed by atoms with Crippen LogP contribution in [-0.2, 0) is 17.6 Å².